The summed E-state index contributed by atoms with van der Waals surface area (Å²) in [4.78, 5) is -0.331. The van der Waals surface area contributed by atoms with E-state index < -0.39 is 11.0 Å². The van der Waals surface area contributed by atoms with Crippen LogP contribution in [0.3, 0.4) is 0 Å². The first-order chi connectivity index (χ1) is 6.23. The predicted molar refractivity (Wildman–Crippen MR) is 65.2 cm³/mol. The summed E-state index contributed by atoms with van der Waals surface area (Å²) in [7, 11) is -1.02. The minimum Gasteiger partial charge on any atom is -0.242 e. The summed E-state index contributed by atoms with van der Waals surface area (Å²) in [5.41, 5.74) is 0. The summed E-state index contributed by atoms with van der Waals surface area (Å²) in [5.74, 6) is 0. The van der Waals surface area contributed by atoms with Gasteiger partial charge in [-0.15, -0.1) is 23.2 Å². The van der Waals surface area contributed by atoms with Crippen LogP contribution in [0.25, 0.3) is 0 Å². The van der Waals surface area contributed by atoms with Crippen LogP contribution in [-0.2, 0) is 11.0 Å². The third-order valence-corrected chi connectivity index (χ3v) is 3.85. The molecule has 0 spiro atoms. The molecule has 0 saturated heterocycles. The minimum absolute atomic E-state index is 0.176. The lowest BCUT2D eigenvalue weighted by Crippen LogP contribution is -2.38. The number of hydrogen-bond donors (Lipinski definition) is 1. The molecule has 0 aliphatic carbocycles. The van der Waals surface area contributed by atoms with Crippen molar-refractivity contribution in [3.8, 4) is 0 Å². The van der Waals surface area contributed by atoms with Gasteiger partial charge in [0.15, 0.2) is 0 Å². The Bertz CT molecular complexity index is 192. The molecule has 2 atom stereocenters. The van der Waals surface area contributed by atoms with E-state index in [9.17, 15) is 4.21 Å². The van der Waals surface area contributed by atoms with Gasteiger partial charge in [-0.05, 0) is 40.5 Å². The van der Waals surface area contributed by atoms with E-state index in [0.29, 0.717) is 0 Å². The Balaban J connectivity index is 3.83. The normalized spacial score (nSPS) is 17.1. The zero-order valence-electron chi connectivity index (χ0n) is 9.14. The second kappa shape index (κ2) is 6.31. The molecule has 0 rings (SSSR count). The second-order valence-electron chi connectivity index (χ2n) is 4.37. The van der Waals surface area contributed by atoms with Crippen LogP contribution < -0.4 is 4.72 Å². The van der Waals surface area contributed by atoms with Crippen molar-refractivity contribution in [3.05, 3.63) is 0 Å². The molecule has 0 bridgehead atoms. The Morgan fingerprint density at radius 1 is 1.29 bits per heavy atom. The molecule has 2 nitrogen and oxygen atoms in total. The summed E-state index contributed by atoms with van der Waals surface area (Å²) in [5, 5.41) is 0. The van der Waals surface area contributed by atoms with Gasteiger partial charge >= 0.3 is 0 Å². The van der Waals surface area contributed by atoms with Crippen molar-refractivity contribution in [1.82, 2.24) is 4.72 Å². The minimum atomic E-state index is -1.02. The van der Waals surface area contributed by atoms with Crippen molar-refractivity contribution in [2.45, 2.75) is 56.2 Å². The fourth-order valence-corrected chi connectivity index (χ4v) is 1.88. The van der Waals surface area contributed by atoms with Gasteiger partial charge in [0.05, 0.1) is 15.7 Å². The van der Waals surface area contributed by atoms with Crippen molar-refractivity contribution in [2.24, 2.45) is 0 Å². The van der Waals surface area contributed by atoms with E-state index in [1.54, 1.807) is 0 Å². The smallest absolute Gasteiger partial charge is 0.107 e. The molecule has 0 aliphatic rings. The molecule has 0 fully saturated rings. The molecule has 0 aromatic carbocycles. The Hall–Kier alpha value is 0.690. The molecule has 0 aliphatic heterocycles. The number of halogens is 2. The highest BCUT2D eigenvalue weighted by molar-refractivity contribution is 7.84. The van der Waals surface area contributed by atoms with Crippen LogP contribution >= 0.6 is 23.2 Å². The van der Waals surface area contributed by atoms with Gasteiger partial charge in [-0.1, -0.05) is 0 Å². The van der Waals surface area contributed by atoms with Crippen molar-refractivity contribution < 1.29 is 4.21 Å². The number of alkyl halides is 2. The van der Waals surface area contributed by atoms with Crippen molar-refractivity contribution >= 4 is 34.2 Å². The lowest BCUT2D eigenvalue weighted by atomic mass is 10.2. The van der Waals surface area contributed by atoms with Gasteiger partial charge in [-0.3, -0.25) is 0 Å². The number of hydrogen-bond acceptors (Lipinski definition) is 1. The first-order valence-corrected chi connectivity index (χ1v) is 6.72. The molecule has 0 aromatic heterocycles. The first-order valence-electron chi connectivity index (χ1n) is 4.69. The first kappa shape index (κ1) is 14.7. The fraction of sp³-hybridized carbons (Fsp3) is 1.00. The van der Waals surface area contributed by atoms with Crippen molar-refractivity contribution in [3.63, 3.8) is 0 Å². The summed E-state index contributed by atoms with van der Waals surface area (Å²) >= 11 is 11.2. The summed E-state index contributed by atoms with van der Waals surface area (Å²) < 4.78 is 14.5. The number of rotatable bonds is 5. The summed E-state index contributed by atoms with van der Waals surface area (Å²) in [6.07, 6.45) is 1.55. The van der Waals surface area contributed by atoms with Crippen LogP contribution in [0.2, 0.25) is 0 Å². The van der Waals surface area contributed by atoms with Crippen LogP contribution in [0.15, 0.2) is 0 Å². The van der Waals surface area contributed by atoms with Crippen molar-refractivity contribution in [1.29, 1.82) is 0 Å². The Morgan fingerprint density at radius 3 is 2.14 bits per heavy atom. The topological polar surface area (TPSA) is 29.1 Å². The Labute approximate surface area is 99.3 Å². The molecular formula is C9H19Cl2NOS. The Morgan fingerprint density at radius 2 is 1.79 bits per heavy atom. The van der Waals surface area contributed by atoms with Gasteiger partial charge in [-0.2, -0.15) is 0 Å². The van der Waals surface area contributed by atoms with E-state index in [0.717, 1.165) is 12.8 Å². The Kier molecular flexibility index (Phi) is 6.62. The maximum Gasteiger partial charge on any atom is 0.107 e. The maximum atomic E-state index is 11.7. The van der Waals surface area contributed by atoms with Gasteiger partial charge in [-0.25, -0.2) is 8.93 Å². The van der Waals surface area contributed by atoms with E-state index in [1.807, 2.05) is 27.7 Å². The monoisotopic (exact) mass is 259 g/mol. The van der Waals surface area contributed by atoms with Gasteiger partial charge in [0.2, 0.25) is 0 Å². The fourth-order valence-electron chi connectivity index (χ4n) is 0.794. The van der Waals surface area contributed by atoms with E-state index in [4.69, 9.17) is 23.2 Å². The molecule has 0 amide bonds. The largest absolute Gasteiger partial charge is 0.242 e. The molecular weight excluding hydrogens is 241 g/mol. The van der Waals surface area contributed by atoms with E-state index in [-0.39, 0.29) is 15.6 Å². The lowest BCUT2D eigenvalue weighted by Gasteiger charge is -2.21. The average Bonchev–Trinajstić information content (AvgIpc) is 1.99. The predicted octanol–water partition coefficient (Wildman–Crippen LogP) is 3.01. The zero-order valence-corrected chi connectivity index (χ0v) is 11.5. The average molecular weight is 260 g/mol. The quantitative estimate of drug-likeness (QED) is 0.756. The molecule has 0 heterocycles. The van der Waals surface area contributed by atoms with Crippen LogP contribution in [-0.4, -0.2) is 19.8 Å². The highest BCUT2D eigenvalue weighted by Gasteiger charge is 2.21. The van der Waals surface area contributed by atoms with Gasteiger partial charge in [0, 0.05) is 6.04 Å². The molecule has 0 saturated carbocycles. The molecule has 14 heavy (non-hydrogen) atoms. The van der Waals surface area contributed by atoms with Crippen LogP contribution in [0.1, 0.15) is 40.5 Å². The zero-order chi connectivity index (χ0) is 11.4. The molecule has 1 N–H and O–H groups in total. The molecule has 0 radical (unpaired) electrons. The molecule has 5 heteroatoms. The molecule has 0 aromatic rings. The second-order valence-corrected chi connectivity index (χ2v) is 7.64. The van der Waals surface area contributed by atoms with Crippen LogP contribution in [0.5, 0.6) is 0 Å². The van der Waals surface area contributed by atoms with Crippen LogP contribution in [0, 0.1) is 0 Å². The highest BCUT2D eigenvalue weighted by atomic mass is 35.5. The van der Waals surface area contributed by atoms with E-state index >= 15 is 0 Å². The number of nitrogens with one attached hydrogen (secondary N) is 1. The van der Waals surface area contributed by atoms with Crippen LogP contribution in [0.4, 0.5) is 0 Å². The standard InChI is InChI=1S/C9H19Cl2NOS/c1-7(5-6-8(10)11)12-14(13)9(2,3)4/h7-8,12H,5-6H2,1-4H3. The van der Waals surface area contributed by atoms with Crippen molar-refractivity contribution in [2.75, 3.05) is 0 Å². The van der Waals surface area contributed by atoms with E-state index in [2.05, 4.69) is 4.72 Å². The summed E-state index contributed by atoms with van der Waals surface area (Å²) in [6.45, 7) is 7.80. The molecule has 86 valence electrons. The maximum absolute atomic E-state index is 11.7. The van der Waals surface area contributed by atoms with Gasteiger partial charge in [0.25, 0.3) is 0 Å². The summed E-state index contributed by atoms with van der Waals surface area (Å²) in [6, 6.07) is 0.176. The molecule has 2 unspecified atom stereocenters. The lowest BCUT2D eigenvalue weighted by molar-refractivity contribution is 0.572. The van der Waals surface area contributed by atoms with E-state index in [1.165, 1.54) is 0 Å². The highest BCUT2D eigenvalue weighted by Crippen LogP contribution is 2.14. The SMILES string of the molecule is CC(CCC(Cl)Cl)NS(=O)C(C)(C)C. The van der Waals surface area contributed by atoms with Gasteiger partial charge in [0.1, 0.15) is 4.84 Å². The van der Waals surface area contributed by atoms with Gasteiger partial charge < -0.3 is 0 Å². The third-order valence-electron chi connectivity index (χ3n) is 1.68. The third kappa shape index (κ3) is 7.04.